The minimum Gasteiger partial charge on any atom is -0.494 e. The van der Waals surface area contributed by atoms with Gasteiger partial charge in [0.05, 0.1) is 16.9 Å². The lowest BCUT2D eigenvalue weighted by atomic mass is 10.2. The SMILES string of the molecule is COc1cccc([N+](=O)[O-])c1NS(=O)(=O)c1cccc(C)c1. The van der Waals surface area contributed by atoms with Crippen LogP contribution in [0.15, 0.2) is 47.4 Å². The zero-order valence-electron chi connectivity index (χ0n) is 11.9. The molecule has 0 aliphatic heterocycles. The van der Waals surface area contributed by atoms with Gasteiger partial charge in [-0.2, -0.15) is 0 Å². The molecule has 0 spiro atoms. The van der Waals surface area contributed by atoms with E-state index in [0.717, 1.165) is 5.56 Å². The van der Waals surface area contributed by atoms with E-state index in [1.807, 2.05) is 0 Å². The number of benzene rings is 2. The molecule has 0 radical (unpaired) electrons. The van der Waals surface area contributed by atoms with Crippen LogP contribution in [0.25, 0.3) is 0 Å². The van der Waals surface area contributed by atoms with Gasteiger partial charge in [-0.1, -0.05) is 18.2 Å². The summed E-state index contributed by atoms with van der Waals surface area (Å²) in [7, 11) is -2.65. The van der Waals surface area contributed by atoms with Gasteiger partial charge in [0.2, 0.25) is 0 Å². The molecule has 2 rings (SSSR count). The fourth-order valence-electron chi connectivity index (χ4n) is 1.92. The van der Waals surface area contributed by atoms with E-state index in [2.05, 4.69) is 4.72 Å². The first kappa shape index (κ1) is 15.8. The lowest BCUT2D eigenvalue weighted by Gasteiger charge is -2.12. The molecule has 7 nitrogen and oxygen atoms in total. The summed E-state index contributed by atoms with van der Waals surface area (Å²) in [6.45, 7) is 1.75. The molecular weight excluding hydrogens is 308 g/mol. The van der Waals surface area contributed by atoms with Crippen LogP contribution in [-0.2, 0) is 10.0 Å². The Kier molecular flexibility index (Phi) is 4.32. The highest BCUT2D eigenvalue weighted by Gasteiger charge is 2.24. The zero-order valence-corrected chi connectivity index (χ0v) is 12.8. The first-order valence-electron chi connectivity index (χ1n) is 6.26. The van der Waals surface area contributed by atoms with Gasteiger partial charge < -0.3 is 4.74 Å². The van der Waals surface area contributed by atoms with E-state index in [0.29, 0.717) is 0 Å². The van der Waals surface area contributed by atoms with E-state index in [4.69, 9.17) is 4.74 Å². The minimum atomic E-state index is -3.96. The van der Waals surface area contributed by atoms with Crippen molar-refractivity contribution in [3.8, 4) is 5.75 Å². The number of hydrogen-bond donors (Lipinski definition) is 1. The molecule has 2 aromatic rings. The van der Waals surface area contributed by atoms with Gasteiger partial charge in [-0.05, 0) is 30.7 Å². The summed E-state index contributed by atoms with van der Waals surface area (Å²) in [5.41, 5.74) is 0.185. The number of aryl methyl sites for hydroxylation is 1. The van der Waals surface area contributed by atoms with E-state index in [1.165, 1.54) is 37.4 Å². The number of hydrogen-bond acceptors (Lipinski definition) is 5. The molecule has 0 heterocycles. The average Bonchev–Trinajstić information content (AvgIpc) is 2.47. The van der Waals surface area contributed by atoms with Gasteiger partial charge in [-0.15, -0.1) is 0 Å². The Morgan fingerprint density at radius 3 is 2.45 bits per heavy atom. The van der Waals surface area contributed by atoms with Crippen LogP contribution < -0.4 is 9.46 Å². The summed E-state index contributed by atoms with van der Waals surface area (Å²) >= 11 is 0. The Labute approximate surface area is 127 Å². The number of para-hydroxylation sites is 1. The number of nitrogens with zero attached hydrogens (tertiary/aromatic N) is 1. The Balaban J connectivity index is 2.52. The van der Waals surface area contributed by atoms with Gasteiger partial charge in [0.25, 0.3) is 15.7 Å². The fourth-order valence-corrected chi connectivity index (χ4v) is 3.11. The van der Waals surface area contributed by atoms with Crippen molar-refractivity contribution in [2.75, 3.05) is 11.8 Å². The van der Waals surface area contributed by atoms with Crippen molar-refractivity contribution in [2.45, 2.75) is 11.8 Å². The van der Waals surface area contributed by atoms with Crippen molar-refractivity contribution in [2.24, 2.45) is 0 Å². The minimum absolute atomic E-state index is 0.0210. The van der Waals surface area contributed by atoms with E-state index in [9.17, 15) is 18.5 Å². The van der Waals surface area contributed by atoms with E-state index in [-0.39, 0.29) is 22.0 Å². The molecule has 0 bridgehead atoms. The Morgan fingerprint density at radius 1 is 1.18 bits per heavy atom. The third-order valence-corrected chi connectivity index (χ3v) is 4.30. The third kappa shape index (κ3) is 3.17. The number of sulfonamides is 1. The summed E-state index contributed by atoms with van der Waals surface area (Å²) in [6.07, 6.45) is 0. The molecule has 0 amide bonds. The van der Waals surface area contributed by atoms with Crippen molar-refractivity contribution >= 4 is 21.4 Å². The molecule has 0 saturated carbocycles. The van der Waals surface area contributed by atoms with E-state index in [1.54, 1.807) is 19.1 Å². The first-order chi connectivity index (χ1) is 10.3. The predicted molar refractivity (Wildman–Crippen MR) is 81.6 cm³/mol. The Morgan fingerprint density at radius 2 is 1.86 bits per heavy atom. The van der Waals surface area contributed by atoms with Gasteiger partial charge >= 0.3 is 0 Å². The predicted octanol–water partition coefficient (Wildman–Crippen LogP) is 2.71. The van der Waals surface area contributed by atoms with Gasteiger partial charge in [-0.25, -0.2) is 8.42 Å². The quantitative estimate of drug-likeness (QED) is 0.674. The number of nitrogens with one attached hydrogen (secondary N) is 1. The van der Waals surface area contributed by atoms with E-state index >= 15 is 0 Å². The highest BCUT2D eigenvalue weighted by molar-refractivity contribution is 7.92. The summed E-state index contributed by atoms with van der Waals surface area (Å²) in [4.78, 5) is 10.4. The molecule has 0 aromatic heterocycles. The van der Waals surface area contributed by atoms with Crippen LogP contribution in [0.5, 0.6) is 5.75 Å². The van der Waals surface area contributed by atoms with Gasteiger partial charge in [0.1, 0.15) is 5.75 Å². The molecule has 0 saturated heterocycles. The Hall–Kier alpha value is -2.61. The van der Waals surface area contributed by atoms with Gasteiger partial charge in [0, 0.05) is 6.07 Å². The monoisotopic (exact) mass is 322 g/mol. The van der Waals surface area contributed by atoms with Crippen LogP contribution in [0.4, 0.5) is 11.4 Å². The van der Waals surface area contributed by atoms with Crippen LogP contribution in [0, 0.1) is 17.0 Å². The first-order valence-corrected chi connectivity index (χ1v) is 7.74. The highest BCUT2D eigenvalue weighted by atomic mass is 32.2. The lowest BCUT2D eigenvalue weighted by Crippen LogP contribution is -2.15. The van der Waals surface area contributed by atoms with Crippen molar-refractivity contribution in [1.29, 1.82) is 0 Å². The average molecular weight is 322 g/mol. The number of nitro benzene ring substituents is 1. The maximum atomic E-state index is 12.4. The van der Waals surface area contributed by atoms with E-state index < -0.39 is 14.9 Å². The molecule has 0 aliphatic carbocycles. The fraction of sp³-hybridized carbons (Fsp3) is 0.143. The lowest BCUT2D eigenvalue weighted by molar-refractivity contribution is -0.383. The molecule has 116 valence electrons. The number of rotatable bonds is 5. The molecule has 0 aliphatic rings. The van der Waals surface area contributed by atoms with Crippen molar-refractivity contribution < 1.29 is 18.1 Å². The van der Waals surface area contributed by atoms with Crippen LogP contribution in [-0.4, -0.2) is 20.5 Å². The van der Waals surface area contributed by atoms with Crippen LogP contribution in [0.3, 0.4) is 0 Å². The largest absolute Gasteiger partial charge is 0.494 e. The molecule has 0 atom stereocenters. The third-order valence-electron chi connectivity index (χ3n) is 2.96. The maximum absolute atomic E-state index is 12.4. The summed E-state index contributed by atoms with van der Waals surface area (Å²) in [6, 6.07) is 10.3. The molecule has 0 unspecified atom stereocenters. The van der Waals surface area contributed by atoms with Crippen LogP contribution >= 0.6 is 0 Å². The Bertz CT molecular complexity index is 818. The van der Waals surface area contributed by atoms with Gasteiger partial charge in [-0.3, -0.25) is 14.8 Å². The number of ether oxygens (including phenoxy) is 1. The number of methoxy groups -OCH3 is 1. The second kappa shape index (κ2) is 6.02. The highest BCUT2D eigenvalue weighted by Crippen LogP contribution is 2.35. The van der Waals surface area contributed by atoms with Crippen molar-refractivity contribution in [3.63, 3.8) is 0 Å². The van der Waals surface area contributed by atoms with Gasteiger partial charge in [0.15, 0.2) is 5.69 Å². The van der Waals surface area contributed by atoms with Crippen LogP contribution in [0.2, 0.25) is 0 Å². The smallest absolute Gasteiger partial charge is 0.297 e. The normalized spacial score (nSPS) is 11.0. The topological polar surface area (TPSA) is 98.5 Å². The summed E-state index contributed by atoms with van der Waals surface area (Å²) in [5.74, 6) is 0.0745. The summed E-state index contributed by atoms with van der Waals surface area (Å²) in [5, 5.41) is 11.1. The molecule has 22 heavy (non-hydrogen) atoms. The van der Waals surface area contributed by atoms with Crippen LogP contribution in [0.1, 0.15) is 5.56 Å². The maximum Gasteiger partial charge on any atom is 0.297 e. The summed E-state index contributed by atoms with van der Waals surface area (Å²) < 4.78 is 32.1. The number of anilines is 1. The second-order valence-corrected chi connectivity index (χ2v) is 6.22. The molecule has 1 N–H and O–H groups in total. The zero-order chi connectivity index (χ0) is 16.3. The molecule has 0 fully saturated rings. The molecule has 2 aromatic carbocycles. The second-order valence-electron chi connectivity index (χ2n) is 4.53. The number of nitro groups is 1. The van der Waals surface area contributed by atoms with Crippen molar-refractivity contribution in [3.05, 3.63) is 58.1 Å². The standard InChI is InChI=1S/C14H14N2O5S/c1-10-5-3-6-11(9-10)22(19,20)15-14-12(16(17)18)7-4-8-13(14)21-2/h3-9,15H,1-2H3. The molecular formula is C14H14N2O5S. The van der Waals surface area contributed by atoms with Crippen molar-refractivity contribution in [1.82, 2.24) is 0 Å². The molecule has 8 heteroatoms.